The van der Waals surface area contributed by atoms with Crippen molar-refractivity contribution in [2.24, 2.45) is 0 Å². The number of hydrogen-bond acceptors (Lipinski definition) is 6. The third-order valence-electron chi connectivity index (χ3n) is 3.47. The van der Waals surface area contributed by atoms with Gasteiger partial charge in [0.25, 0.3) is 11.2 Å². The normalized spacial score (nSPS) is 13.9. The minimum atomic E-state index is -5.72. The molecular formula is C14H11F4N3O5. The van der Waals surface area contributed by atoms with Crippen LogP contribution >= 0.6 is 0 Å². The SMILES string of the molecule is COC(=O)C(O)(c1c(N)n(-c2cccc(F)c2)c(=O)[nH]c1=O)C(F)(F)F. The van der Waals surface area contributed by atoms with Gasteiger partial charge in [-0.25, -0.2) is 18.5 Å². The number of nitrogens with zero attached hydrogens (tertiary/aromatic N) is 1. The van der Waals surface area contributed by atoms with Crippen molar-refractivity contribution in [3.8, 4) is 5.69 Å². The maximum absolute atomic E-state index is 13.4. The van der Waals surface area contributed by atoms with E-state index in [4.69, 9.17) is 5.73 Å². The van der Waals surface area contributed by atoms with E-state index in [0.717, 1.165) is 24.3 Å². The zero-order valence-electron chi connectivity index (χ0n) is 12.9. The number of halogens is 4. The summed E-state index contributed by atoms with van der Waals surface area (Å²) in [4.78, 5) is 37.0. The molecule has 4 N–H and O–H groups in total. The lowest BCUT2D eigenvalue weighted by atomic mass is 9.94. The molecule has 0 amide bonds. The monoisotopic (exact) mass is 377 g/mol. The number of aromatic amines is 1. The number of alkyl halides is 3. The predicted molar refractivity (Wildman–Crippen MR) is 79.0 cm³/mol. The number of nitrogens with two attached hydrogens (primary N) is 1. The lowest BCUT2D eigenvalue weighted by Gasteiger charge is -2.28. The number of nitrogens with one attached hydrogen (secondary N) is 1. The lowest BCUT2D eigenvalue weighted by molar-refractivity contribution is -0.267. The number of aliphatic hydroxyl groups is 1. The zero-order chi connectivity index (χ0) is 19.9. The minimum Gasteiger partial charge on any atom is -0.466 e. The first kappa shape index (κ1) is 19.2. The molecule has 1 unspecified atom stereocenters. The first-order valence-corrected chi connectivity index (χ1v) is 6.74. The molecule has 0 saturated heterocycles. The highest BCUT2D eigenvalue weighted by molar-refractivity contribution is 5.83. The molecule has 0 aliphatic rings. The molecule has 2 rings (SSSR count). The van der Waals surface area contributed by atoms with E-state index in [2.05, 4.69) is 4.74 Å². The zero-order valence-corrected chi connectivity index (χ0v) is 12.9. The highest BCUT2D eigenvalue weighted by Crippen LogP contribution is 2.40. The number of methoxy groups -OCH3 is 1. The number of aromatic nitrogens is 2. The van der Waals surface area contributed by atoms with Gasteiger partial charge in [-0.3, -0.25) is 9.78 Å². The van der Waals surface area contributed by atoms with Crippen molar-refractivity contribution in [3.63, 3.8) is 0 Å². The van der Waals surface area contributed by atoms with Crippen LogP contribution in [-0.4, -0.2) is 33.9 Å². The van der Waals surface area contributed by atoms with Gasteiger partial charge in [0.15, 0.2) is 0 Å². The number of H-pyrrole nitrogens is 1. The number of nitrogen functional groups attached to an aromatic ring is 1. The Labute approximate surface area is 141 Å². The van der Waals surface area contributed by atoms with Crippen molar-refractivity contribution in [2.75, 3.05) is 12.8 Å². The number of carbonyl (C=O) groups is 1. The summed E-state index contributed by atoms with van der Waals surface area (Å²) in [6.45, 7) is 0. The third kappa shape index (κ3) is 2.83. The number of benzene rings is 1. The largest absolute Gasteiger partial charge is 0.466 e. The van der Waals surface area contributed by atoms with Crippen LogP contribution in [0.2, 0.25) is 0 Å². The van der Waals surface area contributed by atoms with Crippen LogP contribution in [0.15, 0.2) is 33.9 Å². The van der Waals surface area contributed by atoms with Crippen LogP contribution in [0.5, 0.6) is 0 Å². The van der Waals surface area contributed by atoms with Crippen LogP contribution in [0.25, 0.3) is 5.69 Å². The van der Waals surface area contributed by atoms with E-state index in [-0.39, 0.29) is 5.69 Å². The quantitative estimate of drug-likeness (QED) is 0.517. The molecule has 0 radical (unpaired) electrons. The first-order valence-electron chi connectivity index (χ1n) is 6.74. The van der Waals surface area contributed by atoms with Gasteiger partial charge in [-0.1, -0.05) is 6.07 Å². The molecule has 0 aliphatic carbocycles. The fourth-order valence-corrected chi connectivity index (χ4v) is 2.28. The standard InChI is InChI=1S/C14H11F4N3O5/c1-26-11(23)13(25,14(16,17)18)8-9(19)21(12(24)20-10(8)22)7-4-2-3-6(15)5-7/h2-5,25H,19H2,1H3,(H,20,22,24). The number of hydrogen-bond donors (Lipinski definition) is 3. The molecule has 26 heavy (non-hydrogen) atoms. The fourth-order valence-electron chi connectivity index (χ4n) is 2.28. The summed E-state index contributed by atoms with van der Waals surface area (Å²) in [5.74, 6) is -4.32. The summed E-state index contributed by atoms with van der Waals surface area (Å²) in [6.07, 6.45) is -5.72. The molecule has 0 saturated carbocycles. The molecule has 0 spiro atoms. The van der Waals surface area contributed by atoms with Crippen LogP contribution in [-0.2, 0) is 15.1 Å². The van der Waals surface area contributed by atoms with Crippen LogP contribution < -0.4 is 17.0 Å². The topological polar surface area (TPSA) is 127 Å². The Morgan fingerprint density at radius 2 is 1.92 bits per heavy atom. The van der Waals surface area contributed by atoms with Gasteiger partial charge in [0.1, 0.15) is 17.2 Å². The maximum Gasteiger partial charge on any atom is 0.432 e. The summed E-state index contributed by atoms with van der Waals surface area (Å²) in [5, 5.41) is 9.98. The van der Waals surface area contributed by atoms with Crippen LogP contribution in [0.4, 0.5) is 23.4 Å². The molecule has 1 heterocycles. The van der Waals surface area contributed by atoms with Crippen molar-refractivity contribution in [1.29, 1.82) is 0 Å². The van der Waals surface area contributed by atoms with E-state index in [0.29, 0.717) is 11.7 Å². The molecule has 2 aromatic rings. The second-order valence-corrected chi connectivity index (χ2v) is 5.03. The van der Waals surface area contributed by atoms with Gasteiger partial charge in [-0.2, -0.15) is 13.2 Å². The summed E-state index contributed by atoms with van der Waals surface area (Å²) < 4.78 is 57.8. The summed E-state index contributed by atoms with van der Waals surface area (Å²) >= 11 is 0. The van der Waals surface area contributed by atoms with E-state index in [1.807, 2.05) is 0 Å². The van der Waals surface area contributed by atoms with E-state index in [9.17, 15) is 37.1 Å². The maximum atomic E-state index is 13.4. The molecule has 140 valence electrons. The van der Waals surface area contributed by atoms with E-state index in [1.54, 1.807) is 0 Å². The molecule has 8 nitrogen and oxygen atoms in total. The first-order chi connectivity index (χ1) is 11.9. The molecule has 1 aromatic carbocycles. The van der Waals surface area contributed by atoms with Gasteiger partial charge < -0.3 is 15.6 Å². The number of carbonyl (C=O) groups excluding carboxylic acids is 1. The molecule has 12 heteroatoms. The lowest BCUT2D eigenvalue weighted by Crippen LogP contribution is -2.54. The Bertz CT molecular complexity index is 982. The average Bonchev–Trinajstić information content (AvgIpc) is 2.52. The average molecular weight is 377 g/mol. The molecule has 0 bridgehead atoms. The van der Waals surface area contributed by atoms with Gasteiger partial charge in [0.05, 0.1) is 12.8 Å². The number of anilines is 1. The molecule has 1 aromatic heterocycles. The van der Waals surface area contributed by atoms with E-state index in [1.165, 1.54) is 4.98 Å². The second kappa shape index (κ2) is 6.29. The van der Waals surface area contributed by atoms with Crippen LogP contribution in [0.3, 0.4) is 0 Å². The van der Waals surface area contributed by atoms with Gasteiger partial charge in [-0.15, -0.1) is 0 Å². The fraction of sp³-hybridized carbons (Fsp3) is 0.214. The van der Waals surface area contributed by atoms with Crippen molar-refractivity contribution >= 4 is 11.8 Å². The Hall–Kier alpha value is -3.15. The summed E-state index contributed by atoms with van der Waals surface area (Å²) in [5.41, 5.74) is -4.06. The van der Waals surface area contributed by atoms with Crippen LogP contribution in [0, 0.1) is 5.82 Å². The Balaban J connectivity index is 2.95. The van der Waals surface area contributed by atoms with Gasteiger partial charge in [0.2, 0.25) is 0 Å². The number of rotatable bonds is 3. The van der Waals surface area contributed by atoms with Gasteiger partial charge >= 0.3 is 17.8 Å². The third-order valence-corrected chi connectivity index (χ3v) is 3.47. The van der Waals surface area contributed by atoms with Gasteiger partial charge in [0, 0.05) is 0 Å². The highest BCUT2D eigenvalue weighted by Gasteiger charge is 2.64. The molecule has 1 atom stereocenters. The number of esters is 1. The summed E-state index contributed by atoms with van der Waals surface area (Å²) in [7, 11) is 0.548. The van der Waals surface area contributed by atoms with E-state index < -0.39 is 46.2 Å². The predicted octanol–water partition coefficient (Wildman–Crippen LogP) is 0.170. The molecule has 0 aliphatic heterocycles. The Kier molecular flexibility index (Phi) is 4.64. The number of ether oxygens (including phenoxy) is 1. The van der Waals surface area contributed by atoms with Crippen LogP contribution in [0.1, 0.15) is 5.56 Å². The Morgan fingerprint density at radius 3 is 2.42 bits per heavy atom. The van der Waals surface area contributed by atoms with Crippen molar-refractivity contribution in [3.05, 3.63) is 56.5 Å². The molecule has 0 fully saturated rings. The van der Waals surface area contributed by atoms with Gasteiger partial charge in [-0.05, 0) is 18.2 Å². The minimum absolute atomic E-state index is 0.305. The van der Waals surface area contributed by atoms with Crippen molar-refractivity contribution < 1.29 is 32.2 Å². The smallest absolute Gasteiger partial charge is 0.432 e. The van der Waals surface area contributed by atoms with Crippen molar-refractivity contribution in [2.45, 2.75) is 11.8 Å². The summed E-state index contributed by atoms with van der Waals surface area (Å²) in [6, 6.07) is 3.95. The second-order valence-electron chi connectivity index (χ2n) is 5.03. The van der Waals surface area contributed by atoms with Crippen molar-refractivity contribution in [1.82, 2.24) is 9.55 Å². The van der Waals surface area contributed by atoms with E-state index >= 15 is 0 Å². The Morgan fingerprint density at radius 1 is 1.31 bits per heavy atom. The molecular weight excluding hydrogens is 366 g/mol. The highest BCUT2D eigenvalue weighted by atomic mass is 19.4.